The molecule has 0 aliphatic carbocycles. The summed E-state index contributed by atoms with van der Waals surface area (Å²) in [6.07, 6.45) is 2.48. The fraction of sp³-hybridized carbons (Fsp3) is 0.421. The van der Waals surface area contributed by atoms with E-state index in [1.807, 2.05) is 23.3 Å². The maximum Gasteiger partial charge on any atom is 0.228 e. The van der Waals surface area contributed by atoms with Crippen LogP contribution in [-0.4, -0.2) is 38.8 Å². The van der Waals surface area contributed by atoms with Crippen LogP contribution >= 0.6 is 11.3 Å². The van der Waals surface area contributed by atoms with Gasteiger partial charge in [-0.2, -0.15) is 0 Å². The molecule has 0 saturated carbocycles. The number of aromatic nitrogens is 3. The van der Waals surface area contributed by atoms with E-state index < -0.39 is 0 Å². The van der Waals surface area contributed by atoms with Crippen molar-refractivity contribution in [2.45, 2.75) is 39.0 Å². The maximum absolute atomic E-state index is 12.6. The van der Waals surface area contributed by atoms with Gasteiger partial charge in [0.25, 0.3) is 0 Å². The highest BCUT2D eigenvalue weighted by atomic mass is 32.1. The summed E-state index contributed by atoms with van der Waals surface area (Å²) in [4.78, 5) is 27.3. The van der Waals surface area contributed by atoms with Crippen LogP contribution < -0.4 is 0 Å². The first kappa shape index (κ1) is 16.3. The number of nitrogens with zero attached hydrogens (tertiary/aromatic N) is 3. The van der Waals surface area contributed by atoms with E-state index in [1.165, 1.54) is 5.56 Å². The zero-order chi connectivity index (χ0) is 17.4. The third kappa shape index (κ3) is 3.31. The number of likely N-dealkylation sites (tertiary alicyclic amines) is 1. The number of hydrogen-bond donors (Lipinski definition) is 1. The van der Waals surface area contributed by atoms with Crippen LogP contribution in [0.25, 0.3) is 11.0 Å². The highest BCUT2D eigenvalue weighted by Gasteiger charge is 2.27. The molecule has 1 fully saturated rings. The van der Waals surface area contributed by atoms with Crippen molar-refractivity contribution < 1.29 is 4.79 Å². The Balaban J connectivity index is 1.49. The first-order valence-corrected chi connectivity index (χ1v) is 9.62. The molecule has 2 aromatic heterocycles. The van der Waals surface area contributed by atoms with Crippen molar-refractivity contribution in [1.29, 1.82) is 0 Å². The minimum Gasteiger partial charge on any atom is -0.342 e. The zero-order valence-electron chi connectivity index (χ0n) is 14.6. The minimum atomic E-state index is 0.169. The van der Waals surface area contributed by atoms with E-state index in [1.54, 1.807) is 11.3 Å². The minimum absolute atomic E-state index is 0.169. The van der Waals surface area contributed by atoms with Gasteiger partial charge in [-0.05, 0) is 38.3 Å². The summed E-state index contributed by atoms with van der Waals surface area (Å²) in [5.41, 5.74) is 4.19. The predicted molar refractivity (Wildman–Crippen MR) is 99.9 cm³/mol. The second kappa shape index (κ2) is 6.59. The van der Waals surface area contributed by atoms with Crippen LogP contribution in [0.5, 0.6) is 0 Å². The first-order chi connectivity index (χ1) is 12.1. The van der Waals surface area contributed by atoms with E-state index in [2.05, 4.69) is 29.0 Å². The predicted octanol–water partition coefficient (Wildman–Crippen LogP) is 3.58. The third-order valence-electron chi connectivity index (χ3n) is 4.89. The number of rotatable bonds is 3. The molecule has 25 heavy (non-hydrogen) atoms. The van der Waals surface area contributed by atoms with Gasteiger partial charge in [0.2, 0.25) is 5.91 Å². The summed E-state index contributed by atoms with van der Waals surface area (Å²) in [7, 11) is 0. The Morgan fingerprint density at radius 3 is 3.00 bits per heavy atom. The number of hydrogen-bond acceptors (Lipinski definition) is 4. The molecule has 1 N–H and O–H groups in total. The summed E-state index contributed by atoms with van der Waals surface area (Å²) in [5.74, 6) is 1.45. The Morgan fingerprint density at radius 1 is 1.36 bits per heavy atom. The quantitative estimate of drug-likeness (QED) is 0.782. The van der Waals surface area contributed by atoms with Gasteiger partial charge in [0.1, 0.15) is 5.82 Å². The van der Waals surface area contributed by atoms with Gasteiger partial charge < -0.3 is 9.88 Å². The lowest BCUT2D eigenvalue weighted by molar-refractivity contribution is -0.131. The second-order valence-electron chi connectivity index (χ2n) is 6.81. The molecule has 1 aliphatic heterocycles. The number of aryl methyl sites for hydroxylation is 2. The largest absolute Gasteiger partial charge is 0.342 e. The number of nitrogens with one attached hydrogen (secondary N) is 1. The van der Waals surface area contributed by atoms with Crippen LogP contribution in [0.3, 0.4) is 0 Å². The Labute approximate surface area is 151 Å². The molecule has 130 valence electrons. The fourth-order valence-corrected chi connectivity index (χ4v) is 4.18. The van der Waals surface area contributed by atoms with Gasteiger partial charge in [0, 0.05) is 24.4 Å². The lowest BCUT2D eigenvalue weighted by Crippen LogP contribution is -2.40. The van der Waals surface area contributed by atoms with Crippen LogP contribution in [0.4, 0.5) is 0 Å². The van der Waals surface area contributed by atoms with Gasteiger partial charge in [-0.25, -0.2) is 9.97 Å². The number of benzene rings is 1. The molecule has 4 rings (SSSR count). The topological polar surface area (TPSA) is 61.9 Å². The number of imidazole rings is 1. The Kier molecular flexibility index (Phi) is 4.29. The number of para-hydroxylation sites is 1. The number of fused-ring (bicyclic) bond motifs is 1. The number of thiazole rings is 1. The average Bonchev–Trinajstić information content (AvgIpc) is 3.22. The average molecular weight is 354 g/mol. The zero-order valence-corrected chi connectivity index (χ0v) is 15.4. The van der Waals surface area contributed by atoms with Crippen LogP contribution in [0, 0.1) is 13.8 Å². The van der Waals surface area contributed by atoms with Gasteiger partial charge in [0.05, 0.1) is 28.2 Å². The number of H-pyrrole nitrogens is 1. The smallest absolute Gasteiger partial charge is 0.228 e. The molecule has 1 aliphatic rings. The SMILES string of the molecule is Cc1nc(CC(=O)N2CCC[C@@H](c3nc4c(C)cccc4[nH]3)C2)cs1. The number of carbonyl (C=O) groups excluding carboxylic acids is 1. The fourth-order valence-electron chi connectivity index (χ4n) is 3.57. The van der Waals surface area contributed by atoms with Crippen LogP contribution in [-0.2, 0) is 11.2 Å². The van der Waals surface area contributed by atoms with E-state index in [-0.39, 0.29) is 11.8 Å². The van der Waals surface area contributed by atoms with Crippen LogP contribution in [0.2, 0.25) is 0 Å². The summed E-state index contributed by atoms with van der Waals surface area (Å²) >= 11 is 1.60. The summed E-state index contributed by atoms with van der Waals surface area (Å²) in [6.45, 7) is 5.62. The van der Waals surface area contributed by atoms with Crippen molar-refractivity contribution in [3.63, 3.8) is 0 Å². The molecule has 0 radical (unpaired) electrons. The molecular formula is C19H22N4OS. The molecule has 1 amide bonds. The van der Waals surface area contributed by atoms with E-state index in [0.29, 0.717) is 6.42 Å². The lowest BCUT2D eigenvalue weighted by Gasteiger charge is -2.31. The number of piperidine rings is 1. The molecule has 0 unspecified atom stereocenters. The molecule has 5 nitrogen and oxygen atoms in total. The summed E-state index contributed by atoms with van der Waals surface area (Å²) < 4.78 is 0. The van der Waals surface area contributed by atoms with Gasteiger partial charge in [-0.3, -0.25) is 4.79 Å². The van der Waals surface area contributed by atoms with Crippen molar-refractivity contribution in [2.24, 2.45) is 0 Å². The highest BCUT2D eigenvalue weighted by molar-refractivity contribution is 7.09. The molecule has 6 heteroatoms. The molecular weight excluding hydrogens is 332 g/mol. The molecule has 3 heterocycles. The maximum atomic E-state index is 12.6. The molecule has 1 atom stereocenters. The van der Waals surface area contributed by atoms with E-state index in [4.69, 9.17) is 4.98 Å². The number of amides is 1. The van der Waals surface area contributed by atoms with Crippen molar-refractivity contribution in [3.8, 4) is 0 Å². The number of aromatic amines is 1. The Bertz CT molecular complexity index is 913. The van der Waals surface area contributed by atoms with Crippen molar-refractivity contribution >= 4 is 28.3 Å². The third-order valence-corrected chi connectivity index (χ3v) is 5.71. The molecule has 1 aromatic carbocycles. The Morgan fingerprint density at radius 2 is 2.24 bits per heavy atom. The summed E-state index contributed by atoms with van der Waals surface area (Å²) in [5, 5.41) is 2.99. The van der Waals surface area contributed by atoms with E-state index in [0.717, 1.165) is 53.5 Å². The van der Waals surface area contributed by atoms with Gasteiger partial charge in [-0.15, -0.1) is 11.3 Å². The lowest BCUT2D eigenvalue weighted by atomic mass is 9.97. The van der Waals surface area contributed by atoms with Crippen molar-refractivity contribution in [3.05, 3.63) is 45.7 Å². The molecule has 1 saturated heterocycles. The van der Waals surface area contributed by atoms with Gasteiger partial charge >= 0.3 is 0 Å². The normalized spacial score (nSPS) is 18.0. The van der Waals surface area contributed by atoms with Gasteiger partial charge in [-0.1, -0.05) is 12.1 Å². The molecule has 0 spiro atoms. The number of carbonyl (C=O) groups is 1. The Hall–Kier alpha value is -2.21. The van der Waals surface area contributed by atoms with Crippen molar-refractivity contribution in [1.82, 2.24) is 19.9 Å². The molecule has 0 bridgehead atoms. The monoisotopic (exact) mass is 354 g/mol. The van der Waals surface area contributed by atoms with Crippen molar-refractivity contribution in [2.75, 3.05) is 13.1 Å². The highest BCUT2D eigenvalue weighted by Crippen LogP contribution is 2.28. The first-order valence-electron chi connectivity index (χ1n) is 8.74. The second-order valence-corrected chi connectivity index (χ2v) is 7.87. The van der Waals surface area contributed by atoms with E-state index in [9.17, 15) is 4.79 Å². The summed E-state index contributed by atoms with van der Waals surface area (Å²) in [6, 6.07) is 6.20. The van der Waals surface area contributed by atoms with Gasteiger partial charge in [0.15, 0.2) is 0 Å². The molecule has 3 aromatic rings. The van der Waals surface area contributed by atoms with Crippen LogP contribution in [0.15, 0.2) is 23.6 Å². The van der Waals surface area contributed by atoms with E-state index >= 15 is 0 Å². The standard InChI is InChI=1S/C19H22N4OS/c1-12-5-3-7-16-18(12)22-19(21-16)14-6-4-8-23(10-14)17(24)9-15-11-25-13(2)20-15/h3,5,7,11,14H,4,6,8-10H2,1-2H3,(H,21,22)/t14-/m1/s1. The van der Waals surface area contributed by atoms with Crippen LogP contribution in [0.1, 0.15) is 40.8 Å².